The van der Waals surface area contributed by atoms with Gasteiger partial charge >= 0.3 is 0 Å². The number of aryl methyl sites for hydroxylation is 1. The normalized spacial score (nSPS) is 13.6. The van der Waals surface area contributed by atoms with Crippen molar-refractivity contribution in [2.45, 2.75) is 38.3 Å². The SMILES string of the molecule is C=CCC(C)(CCc1ccccc1)NCc1ccccc1. The molecule has 21 heavy (non-hydrogen) atoms. The van der Waals surface area contributed by atoms with Crippen LogP contribution in [0.1, 0.15) is 30.9 Å². The van der Waals surface area contributed by atoms with Crippen LogP contribution < -0.4 is 5.32 Å². The van der Waals surface area contributed by atoms with E-state index in [-0.39, 0.29) is 5.54 Å². The Morgan fingerprint density at radius 3 is 2.10 bits per heavy atom. The van der Waals surface area contributed by atoms with Gasteiger partial charge in [-0.15, -0.1) is 6.58 Å². The van der Waals surface area contributed by atoms with Crippen molar-refractivity contribution in [3.8, 4) is 0 Å². The van der Waals surface area contributed by atoms with Crippen LogP contribution in [0.2, 0.25) is 0 Å². The Kier molecular flexibility index (Phi) is 5.77. The van der Waals surface area contributed by atoms with Gasteiger partial charge in [-0.2, -0.15) is 0 Å². The second kappa shape index (κ2) is 7.80. The summed E-state index contributed by atoms with van der Waals surface area (Å²) in [5.41, 5.74) is 2.81. The third kappa shape index (κ3) is 5.20. The first kappa shape index (κ1) is 15.5. The van der Waals surface area contributed by atoms with Crippen LogP contribution in [0.3, 0.4) is 0 Å². The number of hydrogen-bond acceptors (Lipinski definition) is 1. The second-order valence-corrected chi connectivity index (χ2v) is 5.88. The summed E-state index contributed by atoms with van der Waals surface area (Å²) < 4.78 is 0. The molecule has 0 radical (unpaired) electrons. The number of nitrogens with one attached hydrogen (secondary N) is 1. The van der Waals surface area contributed by atoms with Crippen LogP contribution in [0.25, 0.3) is 0 Å². The van der Waals surface area contributed by atoms with Crippen molar-refractivity contribution < 1.29 is 0 Å². The quantitative estimate of drug-likeness (QED) is 0.688. The van der Waals surface area contributed by atoms with E-state index in [1.165, 1.54) is 11.1 Å². The van der Waals surface area contributed by atoms with E-state index in [9.17, 15) is 0 Å². The fourth-order valence-corrected chi connectivity index (χ4v) is 2.56. The van der Waals surface area contributed by atoms with Gasteiger partial charge in [0.2, 0.25) is 0 Å². The topological polar surface area (TPSA) is 12.0 Å². The molecule has 0 fully saturated rings. The molecule has 1 unspecified atom stereocenters. The first-order valence-corrected chi connectivity index (χ1v) is 7.66. The van der Waals surface area contributed by atoms with Crippen molar-refractivity contribution in [1.82, 2.24) is 5.32 Å². The summed E-state index contributed by atoms with van der Waals surface area (Å²) in [6, 6.07) is 21.3. The van der Waals surface area contributed by atoms with Crippen molar-refractivity contribution >= 4 is 0 Å². The predicted molar refractivity (Wildman–Crippen MR) is 91.3 cm³/mol. The molecule has 0 saturated heterocycles. The minimum atomic E-state index is 0.0907. The highest BCUT2D eigenvalue weighted by atomic mass is 15.0. The lowest BCUT2D eigenvalue weighted by atomic mass is 9.89. The van der Waals surface area contributed by atoms with Gasteiger partial charge < -0.3 is 5.32 Å². The molecule has 0 aliphatic heterocycles. The lowest BCUT2D eigenvalue weighted by molar-refractivity contribution is 0.331. The van der Waals surface area contributed by atoms with Gasteiger partial charge in [-0.05, 0) is 37.3 Å². The molecular weight excluding hydrogens is 254 g/mol. The lowest BCUT2D eigenvalue weighted by Crippen LogP contribution is -2.41. The van der Waals surface area contributed by atoms with E-state index in [0.29, 0.717) is 0 Å². The Bertz CT molecular complexity index is 487. The Balaban J connectivity index is 1.93. The van der Waals surface area contributed by atoms with E-state index >= 15 is 0 Å². The Morgan fingerprint density at radius 1 is 0.952 bits per heavy atom. The third-order valence-corrected chi connectivity index (χ3v) is 3.97. The van der Waals surface area contributed by atoms with Crippen LogP contribution in [0.5, 0.6) is 0 Å². The van der Waals surface area contributed by atoms with Gasteiger partial charge in [0.05, 0.1) is 0 Å². The molecular formula is C20H25N. The molecule has 0 aliphatic carbocycles. The number of benzene rings is 2. The molecule has 0 amide bonds. The van der Waals surface area contributed by atoms with E-state index in [1.807, 2.05) is 6.08 Å². The van der Waals surface area contributed by atoms with E-state index in [1.54, 1.807) is 0 Å². The van der Waals surface area contributed by atoms with Gasteiger partial charge in [-0.1, -0.05) is 66.7 Å². The number of rotatable bonds is 8. The standard InChI is InChI=1S/C20H25N/c1-3-15-20(2,16-14-18-10-6-4-7-11-18)21-17-19-12-8-5-9-13-19/h3-13,21H,1,14-17H2,2H3. The zero-order valence-corrected chi connectivity index (χ0v) is 12.9. The molecule has 1 nitrogen and oxygen atoms in total. The molecule has 110 valence electrons. The molecule has 1 atom stereocenters. The summed E-state index contributed by atoms with van der Waals surface area (Å²) in [6.07, 6.45) is 5.19. The smallest absolute Gasteiger partial charge is 0.0210 e. The van der Waals surface area contributed by atoms with Gasteiger partial charge in [-0.25, -0.2) is 0 Å². The van der Waals surface area contributed by atoms with Crippen molar-refractivity contribution in [1.29, 1.82) is 0 Å². The fourth-order valence-electron chi connectivity index (χ4n) is 2.56. The summed E-state index contributed by atoms with van der Waals surface area (Å²) in [5, 5.41) is 3.71. The van der Waals surface area contributed by atoms with Gasteiger partial charge in [-0.3, -0.25) is 0 Å². The molecule has 2 aromatic carbocycles. The fraction of sp³-hybridized carbons (Fsp3) is 0.300. The summed E-state index contributed by atoms with van der Waals surface area (Å²) in [6.45, 7) is 7.11. The minimum Gasteiger partial charge on any atom is -0.307 e. The molecule has 0 spiro atoms. The Labute approximate surface area is 128 Å². The zero-order chi connectivity index (χ0) is 15.0. The Morgan fingerprint density at radius 2 is 1.52 bits per heavy atom. The summed E-state index contributed by atoms with van der Waals surface area (Å²) in [7, 11) is 0. The van der Waals surface area contributed by atoms with Gasteiger partial charge in [0.1, 0.15) is 0 Å². The maximum Gasteiger partial charge on any atom is 0.0210 e. The zero-order valence-electron chi connectivity index (χ0n) is 12.9. The maximum atomic E-state index is 3.92. The number of hydrogen-bond donors (Lipinski definition) is 1. The molecule has 2 aromatic rings. The van der Waals surface area contributed by atoms with Crippen molar-refractivity contribution in [3.05, 3.63) is 84.4 Å². The van der Waals surface area contributed by atoms with Gasteiger partial charge in [0.25, 0.3) is 0 Å². The van der Waals surface area contributed by atoms with Crippen LogP contribution in [0, 0.1) is 0 Å². The third-order valence-electron chi connectivity index (χ3n) is 3.97. The molecule has 1 N–H and O–H groups in total. The summed E-state index contributed by atoms with van der Waals surface area (Å²) in [5.74, 6) is 0. The highest BCUT2D eigenvalue weighted by molar-refractivity contribution is 5.16. The molecule has 2 rings (SSSR count). The van der Waals surface area contributed by atoms with E-state index in [2.05, 4.69) is 79.5 Å². The second-order valence-electron chi connectivity index (χ2n) is 5.88. The highest BCUT2D eigenvalue weighted by Gasteiger charge is 2.21. The molecule has 0 saturated carbocycles. The lowest BCUT2D eigenvalue weighted by Gasteiger charge is -2.30. The van der Waals surface area contributed by atoms with Crippen molar-refractivity contribution in [2.75, 3.05) is 0 Å². The van der Waals surface area contributed by atoms with Gasteiger partial charge in [0.15, 0.2) is 0 Å². The maximum absolute atomic E-state index is 3.92. The largest absolute Gasteiger partial charge is 0.307 e. The predicted octanol–water partition coefficient (Wildman–Crippen LogP) is 4.74. The first-order valence-electron chi connectivity index (χ1n) is 7.66. The molecule has 0 bridgehead atoms. The minimum absolute atomic E-state index is 0.0907. The van der Waals surface area contributed by atoms with Gasteiger partial charge in [0, 0.05) is 12.1 Å². The van der Waals surface area contributed by atoms with Crippen molar-refractivity contribution in [3.63, 3.8) is 0 Å². The summed E-state index contributed by atoms with van der Waals surface area (Å²) >= 11 is 0. The van der Waals surface area contributed by atoms with Crippen LogP contribution >= 0.6 is 0 Å². The summed E-state index contributed by atoms with van der Waals surface area (Å²) in [4.78, 5) is 0. The monoisotopic (exact) mass is 279 g/mol. The van der Waals surface area contributed by atoms with Crippen LogP contribution in [-0.4, -0.2) is 5.54 Å². The average Bonchev–Trinajstić information content (AvgIpc) is 2.54. The van der Waals surface area contributed by atoms with Crippen LogP contribution in [0.4, 0.5) is 0 Å². The first-order chi connectivity index (χ1) is 10.2. The molecule has 0 aromatic heterocycles. The highest BCUT2D eigenvalue weighted by Crippen LogP contribution is 2.19. The van der Waals surface area contributed by atoms with Crippen molar-refractivity contribution in [2.24, 2.45) is 0 Å². The Hall–Kier alpha value is -1.86. The average molecular weight is 279 g/mol. The molecule has 0 aliphatic rings. The molecule has 0 heterocycles. The van der Waals surface area contributed by atoms with E-state index in [0.717, 1.165) is 25.8 Å². The molecule has 1 heteroatoms. The van der Waals surface area contributed by atoms with E-state index in [4.69, 9.17) is 0 Å². The van der Waals surface area contributed by atoms with Crippen LogP contribution in [0.15, 0.2) is 73.3 Å². The van der Waals surface area contributed by atoms with E-state index < -0.39 is 0 Å². The van der Waals surface area contributed by atoms with Crippen LogP contribution in [-0.2, 0) is 13.0 Å².